The second kappa shape index (κ2) is 9.13. The van der Waals surface area contributed by atoms with E-state index < -0.39 is 39.4 Å². The second-order valence-corrected chi connectivity index (χ2v) is 9.54. The van der Waals surface area contributed by atoms with Gasteiger partial charge in [-0.3, -0.25) is 0 Å². The van der Waals surface area contributed by atoms with Crippen molar-refractivity contribution in [3.63, 3.8) is 0 Å². The van der Waals surface area contributed by atoms with E-state index in [1.165, 1.54) is 24.3 Å². The van der Waals surface area contributed by atoms with Crippen LogP contribution in [0.3, 0.4) is 0 Å². The number of halogens is 4. The fraction of sp³-hybridized carbons (Fsp3) is 0.429. The number of nitrogens with zero attached hydrogens (tertiary/aromatic N) is 2. The molecule has 1 unspecified atom stereocenters. The van der Waals surface area contributed by atoms with E-state index in [4.69, 9.17) is 0 Å². The van der Waals surface area contributed by atoms with Gasteiger partial charge in [0, 0.05) is 37.9 Å². The van der Waals surface area contributed by atoms with Crippen molar-refractivity contribution in [2.45, 2.75) is 24.9 Å². The zero-order valence-corrected chi connectivity index (χ0v) is 18.1. The van der Waals surface area contributed by atoms with Gasteiger partial charge < -0.3 is 9.80 Å². The minimum Gasteiger partial charge on any atom is -0.369 e. The Balaban J connectivity index is 1.79. The fourth-order valence-electron chi connectivity index (χ4n) is 3.64. The molecule has 0 radical (unpaired) electrons. The third-order valence-electron chi connectivity index (χ3n) is 5.27. The Bertz CT molecular complexity index is 1020. The van der Waals surface area contributed by atoms with Crippen LogP contribution in [0.1, 0.15) is 29.7 Å². The van der Waals surface area contributed by atoms with E-state index >= 15 is 0 Å². The Morgan fingerprint density at radius 1 is 1.06 bits per heavy atom. The van der Waals surface area contributed by atoms with Crippen LogP contribution in [-0.4, -0.2) is 46.5 Å². The third kappa shape index (κ3) is 6.18. The first-order chi connectivity index (χ1) is 14.4. The van der Waals surface area contributed by atoms with E-state index in [0.717, 1.165) is 44.0 Å². The summed E-state index contributed by atoms with van der Waals surface area (Å²) in [5, 5.41) is 0. The molecule has 1 atom stereocenters. The van der Waals surface area contributed by atoms with Crippen LogP contribution in [0.4, 0.5) is 23.2 Å². The minimum absolute atomic E-state index is 0.0214. The zero-order chi connectivity index (χ0) is 22.8. The lowest BCUT2D eigenvalue weighted by Gasteiger charge is -2.36. The number of rotatable bonds is 6. The number of likely N-dealkylation sites (N-methyl/N-ethyl adjacent to an activating group) is 1. The van der Waals surface area contributed by atoms with E-state index in [0.29, 0.717) is 5.56 Å². The van der Waals surface area contributed by atoms with Crippen molar-refractivity contribution in [3.05, 3.63) is 65.0 Å². The molecule has 10 heteroatoms. The van der Waals surface area contributed by atoms with Gasteiger partial charge in [-0.2, -0.15) is 13.2 Å². The van der Waals surface area contributed by atoms with Crippen LogP contribution in [0.5, 0.6) is 0 Å². The summed E-state index contributed by atoms with van der Waals surface area (Å²) in [6, 6.07) is 7.72. The summed E-state index contributed by atoms with van der Waals surface area (Å²) in [7, 11) is -1.97. The normalized spacial score (nSPS) is 17.0. The Hall–Kier alpha value is -2.17. The molecule has 2 aromatic carbocycles. The molecule has 1 N–H and O–H groups in total. The molecule has 31 heavy (non-hydrogen) atoms. The Morgan fingerprint density at radius 2 is 1.74 bits per heavy atom. The number of benzene rings is 2. The molecule has 1 aliphatic rings. The van der Waals surface area contributed by atoms with Crippen molar-refractivity contribution < 1.29 is 26.0 Å². The van der Waals surface area contributed by atoms with E-state index in [2.05, 4.69) is 14.5 Å². The molecule has 0 amide bonds. The minimum atomic E-state index is -4.56. The molecule has 2 aromatic rings. The Labute approximate surface area is 179 Å². The largest absolute Gasteiger partial charge is 0.416 e. The smallest absolute Gasteiger partial charge is 0.369 e. The van der Waals surface area contributed by atoms with Gasteiger partial charge in [0.25, 0.3) is 0 Å². The standard InChI is InChI=1S/C21H25F4N3O2S/c1-15(19-13-18(22)6-7-20(19)28-10-8-27(2)9-11-28)26-31(29,30)14-16-4-3-5-17(12-16)21(23,24)25/h3-7,12-13,15,26H,8-11,14H2,1-2H3. The number of hydrogen-bond acceptors (Lipinski definition) is 4. The SMILES string of the molecule is CC(NS(=O)(=O)Cc1cccc(C(F)(F)F)c1)c1cc(F)ccc1N1CCN(C)CC1. The van der Waals surface area contributed by atoms with Crippen LogP contribution in [0.25, 0.3) is 0 Å². The van der Waals surface area contributed by atoms with Crippen LogP contribution >= 0.6 is 0 Å². The van der Waals surface area contributed by atoms with E-state index in [1.807, 2.05) is 7.05 Å². The van der Waals surface area contributed by atoms with Gasteiger partial charge in [-0.15, -0.1) is 0 Å². The molecule has 0 aliphatic carbocycles. The van der Waals surface area contributed by atoms with E-state index in [1.54, 1.807) is 13.0 Å². The van der Waals surface area contributed by atoms with Gasteiger partial charge in [0.15, 0.2) is 0 Å². The summed E-state index contributed by atoms with van der Waals surface area (Å²) < 4.78 is 80.5. The lowest BCUT2D eigenvalue weighted by Crippen LogP contribution is -2.45. The van der Waals surface area contributed by atoms with Crippen molar-refractivity contribution in [1.29, 1.82) is 0 Å². The highest BCUT2D eigenvalue weighted by atomic mass is 32.2. The van der Waals surface area contributed by atoms with Gasteiger partial charge >= 0.3 is 6.18 Å². The number of nitrogens with one attached hydrogen (secondary N) is 1. The summed E-state index contributed by atoms with van der Waals surface area (Å²) in [6.45, 7) is 4.69. The molecule has 0 spiro atoms. The third-order valence-corrected chi connectivity index (χ3v) is 6.69. The predicted octanol–water partition coefficient (Wildman–Crippen LogP) is 3.78. The zero-order valence-electron chi connectivity index (χ0n) is 17.3. The molecule has 1 aliphatic heterocycles. The fourth-order valence-corrected chi connectivity index (χ4v) is 5.01. The molecular formula is C21H25F4N3O2S. The summed E-state index contributed by atoms with van der Waals surface area (Å²) in [5.41, 5.74) is 0.338. The number of alkyl halides is 3. The van der Waals surface area contributed by atoms with Gasteiger partial charge in [0.2, 0.25) is 10.0 Å². The Morgan fingerprint density at radius 3 is 2.39 bits per heavy atom. The van der Waals surface area contributed by atoms with Gasteiger partial charge in [0.1, 0.15) is 5.82 Å². The first-order valence-electron chi connectivity index (χ1n) is 9.84. The van der Waals surface area contributed by atoms with E-state index in [9.17, 15) is 26.0 Å². The van der Waals surface area contributed by atoms with Gasteiger partial charge in [-0.05, 0) is 49.4 Å². The van der Waals surface area contributed by atoms with Gasteiger partial charge in [-0.1, -0.05) is 18.2 Å². The van der Waals surface area contributed by atoms with Crippen LogP contribution in [0.2, 0.25) is 0 Å². The maximum atomic E-state index is 14.0. The predicted molar refractivity (Wildman–Crippen MR) is 112 cm³/mol. The molecule has 1 fully saturated rings. The van der Waals surface area contributed by atoms with Crippen molar-refractivity contribution in [2.24, 2.45) is 0 Å². The summed E-state index contributed by atoms with van der Waals surface area (Å²) in [4.78, 5) is 4.24. The summed E-state index contributed by atoms with van der Waals surface area (Å²) >= 11 is 0. The Kier molecular flexibility index (Phi) is 6.92. The van der Waals surface area contributed by atoms with Crippen LogP contribution in [-0.2, 0) is 22.0 Å². The summed E-state index contributed by atoms with van der Waals surface area (Å²) in [5.74, 6) is -1.10. The average Bonchev–Trinajstić information content (AvgIpc) is 2.67. The van der Waals surface area contributed by atoms with Crippen LogP contribution in [0, 0.1) is 5.82 Å². The lowest BCUT2D eigenvalue weighted by molar-refractivity contribution is -0.137. The second-order valence-electron chi connectivity index (χ2n) is 7.79. The number of piperazine rings is 1. The highest BCUT2D eigenvalue weighted by Gasteiger charge is 2.31. The van der Waals surface area contributed by atoms with Crippen molar-refractivity contribution in [2.75, 3.05) is 38.1 Å². The van der Waals surface area contributed by atoms with Crippen molar-refractivity contribution in [1.82, 2.24) is 9.62 Å². The first kappa shape index (κ1) is 23.5. The molecule has 1 heterocycles. The molecule has 5 nitrogen and oxygen atoms in total. The monoisotopic (exact) mass is 459 g/mol. The van der Waals surface area contributed by atoms with Gasteiger partial charge in [-0.25, -0.2) is 17.5 Å². The summed E-state index contributed by atoms with van der Waals surface area (Å²) in [6.07, 6.45) is -4.56. The molecule has 170 valence electrons. The number of sulfonamides is 1. The first-order valence-corrected chi connectivity index (χ1v) is 11.5. The van der Waals surface area contributed by atoms with Gasteiger partial charge in [0.05, 0.1) is 11.3 Å². The van der Waals surface area contributed by atoms with Crippen LogP contribution in [0.15, 0.2) is 42.5 Å². The maximum Gasteiger partial charge on any atom is 0.416 e. The molecule has 0 bridgehead atoms. The van der Waals surface area contributed by atoms with Crippen molar-refractivity contribution >= 4 is 15.7 Å². The van der Waals surface area contributed by atoms with E-state index in [-0.39, 0.29) is 5.56 Å². The average molecular weight is 460 g/mol. The molecular weight excluding hydrogens is 434 g/mol. The van der Waals surface area contributed by atoms with Crippen LogP contribution < -0.4 is 9.62 Å². The quantitative estimate of drug-likeness (QED) is 0.669. The molecule has 0 aromatic heterocycles. The molecule has 3 rings (SSSR count). The number of hydrogen-bond donors (Lipinski definition) is 1. The lowest BCUT2D eigenvalue weighted by atomic mass is 10.0. The highest BCUT2D eigenvalue weighted by molar-refractivity contribution is 7.88. The van der Waals surface area contributed by atoms with Crippen molar-refractivity contribution in [3.8, 4) is 0 Å². The number of anilines is 1. The molecule has 1 saturated heterocycles. The highest BCUT2D eigenvalue weighted by Crippen LogP contribution is 2.31. The maximum absolute atomic E-state index is 14.0. The topological polar surface area (TPSA) is 52.7 Å². The molecule has 0 saturated carbocycles.